The Morgan fingerprint density at radius 3 is 1.15 bits per heavy atom. The summed E-state index contributed by atoms with van der Waals surface area (Å²) in [6, 6.07) is 151. The van der Waals surface area contributed by atoms with Gasteiger partial charge in [0.05, 0.1) is 17.2 Å². The zero-order chi connectivity index (χ0) is 95.1. The van der Waals surface area contributed by atoms with Crippen LogP contribution >= 0.6 is 0 Å². The van der Waals surface area contributed by atoms with Crippen molar-refractivity contribution in [2.75, 3.05) is 0 Å². The molecule has 0 fully saturated rings. The summed E-state index contributed by atoms with van der Waals surface area (Å²) in [6.07, 6.45) is 5.57. The maximum atomic E-state index is 6.40. The number of nitrogens with zero attached hydrogens (tertiary/aromatic N) is 12. The quantitative estimate of drug-likeness (QED) is 0.105. The molecular weight excluding hydrogens is 1770 g/mol. The van der Waals surface area contributed by atoms with Gasteiger partial charge in [-0.2, -0.15) is 0 Å². The van der Waals surface area contributed by atoms with Gasteiger partial charge in [0.1, 0.15) is 33.5 Å². The summed E-state index contributed by atoms with van der Waals surface area (Å²) < 4.78 is 25.3. The Kier molecular flexibility index (Phi) is 20.5. The van der Waals surface area contributed by atoms with Gasteiger partial charge in [0.2, 0.25) is 5.71 Å². The molecular formula is C128H76N12O4. The summed E-state index contributed by atoms with van der Waals surface area (Å²) in [6.45, 7) is 0. The summed E-state index contributed by atoms with van der Waals surface area (Å²) in [5.74, 6) is 5.54. The molecule has 10 heterocycles. The first-order valence-corrected chi connectivity index (χ1v) is 47.7. The molecule has 0 aliphatic heterocycles. The topological polar surface area (TPSA) is 207 Å². The summed E-state index contributed by atoms with van der Waals surface area (Å²) >= 11 is 0. The van der Waals surface area contributed by atoms with Crippen LogP contribution in [0.25, 0.3) is 289 Å². The van der Waals surface area contributed by atoms with Crippen molar-refractivity contribution >= 4 is 142 Å². The van der Waals surface area contributed by atoms with Gasteiger partial charge in [0.15, 0.2) is 58.0 Å². The number of pyridine rings is 3. The van der Waals surface area contributed by atoms with Crippen molar-refractivity contribution in [1.29, 1.82) is 0 Å². The van der Waals surface area contributed by atoms with Gasteiger partial charge in [-0.3, -0.25) is 9.97 Å². The molecule has 0 spiro atoms. The molecule has 29 rings (SSSR count). The van der Waals surface area contributed by atoms with Crippen molar-refractivity contribution in [2.45, 2.75) is 0 Å². The predicted octanol–water partition coefficient (Wildman–Crippen LogP) is 32.8. The summed E-state index contributed by atoms with van der Waals surface area (Å²) in [4.78, 5) is 59.4. The molecule has 0 radical (unpaired) electrons. The molecule has 0 saturated heterocycles. The minimum Gasteiger partial charge on any atom is -0.456 e. The zero-order valence-corrected chi connectivity index (χ0v) is 76.9. The third-order valence-electron chi connectivity index (χ3n) is 26.9. The lowest BCUT2D eigenvalue weighted by Gasteiger charge is -2.13. The lowest BCUT2D eigenvalue weighted by atomic mass is 9.92. The Bertz CT molecular complexity index is 9660. The number of furan rings is 4. The number of hydrogen-bond donors (Lipinski definition) is 0. The predicted molar refractivity (Wildman–Crippen MR) is 580 cm³/mol. The number of para-hydroxylation sites is 2. The Morgan fingerprint density at radius 1 is 0.153 bits per heavy atom. The van der Waals surface area contributed by atoms with Gasteiger partial charge in [-0.25, -0.2) is 49.8 Å². The molecule has 0 atom stereocenters. The van der Waals surface area contributed by atoms with Crippen molar-refractivity contribution in [1.82, 2.24) is 59.8 Å². The minimum atomic E-state index is 0.563. The number of aromatic nitrogens is 12. The van der Waals surface area contributed by atoms with Gasteiger partial charge in [0.25, 0.3) is 0 Å². The van der Waals surface area contributed by atoms with Crippen LogP contribution in [-0.4, -0.2) is 59.8 Å². The Morgan fingerprint density at radius 2 is 0.528 bits per heavy atom. The molecule has 0 saturated carbocycles. The zero-order valence-electron chi connectivity index (χ0n) is 76.9. The highest BCUT2D eigenvalue weighted by molar-refractivity contribution is 6.21. The third-order valence-corrected chi connectivity index (χ3v) is 26.9. The van der Waals surface area contributed by atoms with E-state index in [9.17, 15) is 0 Å². The highest BCUT2D eigenvalue weighted by Gasteiger charge is 2.26. The third kappa shape index (κ3) is 15.1. The van der Waals surface area contributed by atoms with E-state index in [1.807, 2.05) is 237 Å². The van der Waals surface area contributed by atoms with Gasteiger partial charge in [-0.15, -0.1) is 0 Å². The first-order chi connectivity index (χ1) is 71.3. The van der Waals surface area contributed by atoms with E-state index in [0.717, 1.165) is 225 Å². The van der Waals surface area contributed by atoms with Crippen LogP contribution in [0.1, 0.15) is 0 Å². The van der Waals surface area contributed by atoms with E-state index in [4.69, 9.17) is 67.5 Å². The molecule has 0 N–H and O–H groups in total. The van der Waals surface area contributed by atoms with Crippen LogP contribution in [-0.2, 0) is 0 Å². The van der Waals surface area contributed by atoms with Crippen LogP contribution in [0.4, 0.5) is 0 Å². The van der Waals surface area contributed by atoms with Crippen molar-refractivity contribution in [3.63, 3.8) is 0 Å². The lowest BCUT2D eigenvalue weighted by Crippen LogP contribution is -2.01. The Balaban J connectivity index is 0.000000108. The number of hydrogen-bond acceptors (Lipinski definition) is 16. The monoisotopic (exact) mass is 1840 g/mol. The van der Waals surface area contributed by atoms with Crippen molar-refractivity contribution < 1.29 is 17.7 Å². The van der Waals surface area contributed by atoms with Crippen LogP contribution in [0.2, 0.25) is 0 Å². The lowest BCUT2D eigenvalue weighted by molar-refractivity contribution is 0.656. The molecule has 10 aromatic heterocycles. The fraction of sp³-hybridized carbons (Fsp3) is 0. The van der Waals surface area contributed by atoms with Crippen LogP contribution in [0.5, 0.6) is 0 Å². The first-order valence-electron chi connectivity index (χ1n) is 47.7. The second-order valence-electron chi connectivity index (χ2n) is 35.6. The molecule has 0 aliphatic carbocycles. The minimum absolute atomic E-state index is 0.563. The molecule has 16 nitrogen and oxygen atoms in total. The van der Waals surface area contributed by atoms with Gasteiger partial charge >= 0.3 is 0 Å². The Hall–Kier alpha value is -19.8. The number of rotatable bonds is 13. The fourth-order valence-electron chi connectivity index (χ4n) is 20.1. The van der Waals surface area contributed by atoms with E-state index in [2.05, 4.69) is 228 Å². The molecule has 0 unspecified atom stereocenters. The fourth-order valence-corrected chi connectivity index (χ4v) is 20.1. The first kappa shape index (κ1) is 83.5. The standard InChI is InChI=1S/C48H28N4O2.2C40H24N4O/c1-2-11-29(12-3-1)34-16-4-5-18-38(34)48-51-46(50-47(52-48)33-22-23-37-36-17-6-7-20-41(36)53-43(37)27-33)32-14-8-13-30(25-32)35-19-9-21-42-45(35)39-28-40-31(15-10-24-49-40)26-44(39)54-42;1-3-12-25(13-4-1)37-42-38(26-14-5-2-6-15-26)44-39(43-37)32-23-22-30(28-17-8-9-18-29(28)32)31-19-11-21-35-36(31)33-24-27-16-7-10-20-34(27)41-40(33)45-35;1-3-11-25(12-4-1)38-42-39(26-13-5-2-6-14-26)44-40(43-38)32-20-19-31(29-17-9-10-18-30(29)32)34-23-41-24-36-37(34)33-21-27-15-7-8-16-28(27)22-35(33)45-36/h1-28H;2*1-24H. The molecule has 672 valence electrons. The van der Waals surface area contributed by atoms with Crippen molar-refractivity contribution in [3.05, 3.63) is 461 Å². The Labute approximate surface area is 822 Å². The van der Waals surface area contributed by atoms with Crippen LogP contribution in [0, 0.1) is 0 Å². The average molecular weight is 1850 g/mol. The van der Waals surface area contributed by atoms with E-state index in [-0.39, 0.29) is 0 Å². The molecule has 0 aliphatic rings. The van der Waals surface area contributed by atoms with Gasteiger partial charge in [0, 0.05) is 122 Å². The SMILES string of the molecule is c1ccc(-c2ccccc2-c2nc(-c3cccc(-c4cccc5oc6cc7cccnc7cc6c45)c3)nc(-c3ccc4c(c3)oc3ccccc34)n2)cc1.c1ccc(-c2nc(-c3ccccc3)nc(-c3ccc(-c4cccc5oc6nc7ccccc7cc6c45)c4ccccc34)n2)cc1.c1ccc(-c2nc(-c3ccccc3)nc(-c3ccc(-c4cncc5oc6cc7ccccc7cc6c45)c4ccccc34)n2)cc1. The molecule has 16 heteroatoms. The maximum absolute atomic E-state index is 6.40. The smallest absolute Gasteiger partial charge is 0.227 e. The normalized spacial score (nSPS) is 11.6. The van der Waals surface area contributed by atoms with Crippen molar-refractivity contribution in [3.8, 4) is 147 Å². The molecule has 144 heavy (non-hydrogen) atoms. The van der Waals surface area contributed by atoms with Gasteiger partial charge in [-0.05, 0) is 162 Å². The van der Waals surface area contributed by atoms with Gasteiger partial charge in [-0.1, -0.05) is 352 Å². The number of benzene rings is 19. The second kappa shape index (κ2) is 35.3. The van der Waals surface area contributed by atoms with E-state index in [0.29, 0.717) is 58.1 Å². The molecule has 0 amide bonds. The second-order valence-corrected chi connectivity index (χ2v) is 35.6. The number of fused-ring (bicyclic) bond motifs is 17. The summed E-state index contributed by atoms with van der Waals surface area (Å²) in [5, 5.41) is 17.2. The summed E-state index contributed by atoms with van der Waals surface area (Å²) in [5.41, 5.74) is 25.0. The van der Waals surface area contributed by atoms with E-state index >= 15 is 0 Å². The van der Waals surface area contributed by atoms with Crippen LogP contribution in [0.15, 0.2) is 479 Å². The van der Waals surface area contributed by atoms with E-state index in [1.54, 1.807) is 6.20 Å². The van der Waals surface area contributed by atoms with Crippen LogP contribution < -0.4 is 0 Å². The highest BCUT2D eigenvalue weighted by atomic mass is 16.3. The summed E-state index contributed by atoms with van der Waals surface area (Å²) in [7, 11) is 0. The molecule has 29 aromatic rings. The maximum Gasteiger partial charge on any atom is 0.227 e. The van der Waals surface area contributed by atoms with E-state index < -0.39 is 0 Å². The van der Waals surface area contributed by atoms with Crippen LogP contribution in [0.3, 0.4) is 0 Å². The molecule has 0 bridgehead atoms. The van der Waals surface area contributed by atoms with Gasteiger partial charge < -0.3 is 17.7 Å². The van der Waals surface area contributed by atoms with E-state index in [1.165, 1.54) is 5.39 Å². The highest BCUT2D eigenvalue weighted by Crippen LogP contribution is 2.48. The van der Waals surface area contributed by atoms with Crippen molar-refractivity contribution in [2.24, 2.45) is 0 Å². The molecule has 19 aromatic carbocycles. The largest absolute Gasteiger partial charge is 0.456 e. The average Bonchev–Trinajstić information content (AvgIpc) is 1.66.